The first-order chi connectivity index (χ1) is 5.33. The van der Waals surface area contributed by atoms with Crippen molar-refractivity contribution in [2.45, 2.75) is 31.3 Å². The van der Waals surface area contributed by atoms with Crippen LogP contribution < -0.4 is 16.4 Å². The highest BCUT2D eigenvalue weighted by atomic mass is 15.0. The summed E-state index contributed by atoms with van der Waals surface area (Å²) in [6, 6.07) is 1.13. The minimum atomic E-state index is 0.446. The summed E-state index contributed by atoms with van der Waals surface area (Å²) in [4.78, 5) is 0. The number of nitrogens with two attached hydrogens (primary N) is 1. The zero-order chi connectivity index (χ0) is 8.10. The average molecular weight is 157 g/mol. The van der Waals surface area contributed by atoms with Crippen LogP contribution in [-0.4, -0.2) is 32.2 Å². The Morgan fingerprint density at radius 1 is 1.36 bits per heavy atom. The molecule has 1 aliphatic rings. The second-order valence-corrected chi connectivity index (χ2v) is 3.33. The topological polar surface area (TPSA) is 50.1 Å². The van der Waals surface area contributed by atoms with E-state index in [4.69, 9.17) is 5.73 Å². The monoisotopic (exact) mass is 157 g/mol. The van der Waals surface area contributed by atoms with Crippen molar-refractivity contribution in [2.75, 3.05) is 20.1 Å². The number of likely N-dealkylation sites (N-methyl/N-ethyl adjacent to an activating group) is 1. The van der Waals surface area contributed by atoms with Gasteiger partial charge < -0.3 is 16.4 Å². The number of hydrogen-bond donors (Lipinski definition) is 3. The van der Waals surface area contributed by atoms with E-state index in [1.54, 1.807) is 0 Å². The smallest absolute Gasteiger partial charge is 0.00829 e. The summed E-state index contributed by atoms with van der Waals surface area (Å²) in [5.74, 6) is 0. The zero-order valence-electron chi connectivity index (χ0n) is 7.27. The van der Waals surface area contributed by atoms with Gasteiger partial charge in [0.15, 0.2) is 0 Å². The molecule has 1 rings (SSSR count). The van der Waals surface area contributed by atoms with Gasteiger partial charge in [0.25, 0.3) is 0 Å². The fourth-order valence-corrected chi connectivity index (χ4v) is 1.60. The standard InChI is InChI=1S/C8H19N3/c1-10-4-5-11-8-3-2-7(9)6-8/h7-8,10-11H,2-6,9H2,1H3. The highest BCUT2D eigenvalue weighted by molar-refractivity contribution is 4.82. The SMILES string of the molecule is CNCCNC1CCC(N)C1. The Morgan fingerprint density at radius 3 is 2.73 bits per heavy atom. The molecule has 0 saturated heterocycles. The van der Waals surface area contributed by atoms with Gasteiger partial charge in [-0.1, -0.05) is 0 Å². The van der Waals surface area contributed by atoms with Crippen molar-refractivity contribution in [1.82, 2.24) is 10.6 Å². The maximum Gasteiger partial charge on any atom is 0.00829 e. The van der Waals surface area contributed by atoms with Gasteiger partial charge in [0.2, 0.25) is 0 Å². The number of rotatable bonds is 4. The first kappa shape index (κ1) is 8.97. The maximum atomic E-state index is 5.77. The van der Waals surface area contributed by atoms with Crippen molar-refractivity contribution >= 4 is 0 Å². The van der Waals surface area contributed by atoms with Gasteiger partial charge in [0.1, 0.15) is 0 Å². The van der Waals surface area contributed by atoms with E-state index in [-0.39, 0.29) is 0 Å². The minimum Gasteiger partial charge on any atom is -0.328 e. The molecular weight excluding hydrogens is 138 g/mol. The predicted octanol–water partition coefficient (Wildman–Crippen LogP) is -0.325. The zero-order valence-corrected chi connectivity index (χ0v) is 7.27. The van der Waals surface area contributed by atoms with Crippen LogP contribution in [-0.2, 0) is 0 Å². The lowest BCUT2D eigenvalue weighted by molar-refractivity contribution is 0.512. The van der Waals surface area contributed by atoms with Crippen LogP contribution in [0.2, 0.25) is 0 Å². The van der Waals surface area contributed by atoms with Gasteiger partial charge in [-0.25, -0.2) is 0 Å². The molecule has 4 N–H and O–H groups in total. The van der Waals surface area contributed by atoms with E-state index < -0.39 is 0 Å². The highest BCUT2D eigenvalue weighted by Crippen LogP contribution is 2.16. The molecule has 66 valence electrons. The fraction of sp³-hybridized carbons (Fsp3) is 1.00. The van der Waals surface area contributed by atoms with E-state index in [1.807, 2.05) is 7.05 Å². The summed E-state index contributed by atoms with van der Waals surface area (Å²) in [6.45, 7) is 2.11. The molecule has 11 heavy (non-hydrogen) atoms. The summed E-state index contributed by atoms with van der Waals surface area (Å²) in [6.07, 6.45) is 3.60. The Kier molecular flexibility index (Phi) is 3.83. The van der Waals surface area contributed by atoms with Crippen LogP contribution >= 0.6 is 0 Å². The Hall–Kier alpha value is -0.120. The van der Waals surface area contributed by atoms with Crippen molar-refractivity contribution in [3.63, 3.8) is 0 Å². The second-order valence-electron chi connectivity index (χ2n) is 3.33. The summed E-state index contributed by atoms with van der Waals surface area (Å²) in [7, 11) is 1.97. The molecule has 0 aromatic carbocycles. The minimum absolute atomic E-state index is 0.446. The molecule has 3 nitrogen and oxygen atoms in total. The van der Waals surface area contributed by atoms with Crippen molar-refractivity contribution in [3.8, 4) is 0 Å². The van der Waals surface area contributed by atoms with Crippen LogP contribution in [0.25, 0.3) is 0 Å². The van der Waals surface area contributed by atoms with Crippen molar-refractivity contribution in [2.24, 2.45) is 5.73 Å². The van der Waals surface area contributed by atoms with Gasteiger partial charge >= 0.3 is 0 Å². The quantitative estimate of drug-likeness (QED) is 0.490. The highest BCUT2D eigenvalue weighted by Gasteiger charge is 2.20. The molecule has 0 aromatic rings. The van der Waals surface area contributed by atoms with Crippen molar-refractivity contribution in [3.05, 3.63) is 0 Å². The molecule has 2 unspecified atom stereocenters. The third-order valence-electron chi connectivity index (χ3n) is 2.28. The molecule has 1 fully saturated rings. The van der Waals surface area contributed by atoms with E-state index >= 15 is 0 Å². The Balaban J connectivity index is 1.99. The third kappa shape index (κ3) is 3.18. The molecule has 3 heteroatoms. The molecule has 0 spiro atoms. The molecule has 0 aromatic heterocycles. The number of hydrogen-bond acceptors (Lipinski definition) is 3. The largest absolute Gasteiger partial charge is 0.328 e. The lowest BCUT2D eigenvalue weighted by atomic mass is 10.2. The van der Waals surface area contributed by atoms with E-state index in [1.165, 1.54) is 12.8 Å². The molecule has 0 radical (unpaired) electrons. The summed E-state index contributed by atoms with van der Waals surface area (Å²) < 4.78 is 0. The van der Waals surface area contributed by atoms with Gasteiger partial charge in [-0.2, -0.15) is 0 Å². The summed E-state index contributed by atoms with van der Waals surface area (Å²) in [5.41, 5.74) is 5.77. The molecule has 1 saturated carbocycles. The van der Waals surface area contributed by atoms with Crippen LogP contribution in [0, 0.1) is 0 Å². The predicted molar refractivity (Wildman–Crippen MR) is 47.5 cm³/mol. The van der Waals surface area contributed by atoms with Gasteiger partial charge in [-0.3, -0.25) is 0 Å². The van der Waals surface area contributed by atoms with E-state index in [0.29, 0.717) is 12.1 Å². The Bertz CT molecular complexity index is 106. The van der Waals surface area contributed by atoms with Crippen LogP contribution in [0.5, 0.6) is 0 Å². The lowest BCUT2D eigenvalue weighted by Crippen LogP contribution is -2.33. The van der Waals surface area contributed by atoms with Gasteiger partial charge in [0.05, 0.1) is 0 Å². The second kappa shape index (κ2) is 4.70. The Morgan fingerprint density at radius 2 is 2.18 bits per heavy atom. The first-order valence-corrected chi connectivity index (χ1v) is 4.46. The molecule has 0 heterocycles. The van der Waals surface area contributed by atoms with Crippen molar-refractivity contribution < 1.29 is 0 Å². The lowest BCUT2D eigenvalue weighted by Gasteiger charge is -2.11. The van der Waals surface area contributed by atoms with E-state index in [9.17, 15) is 0 Å². The summed E-state index contributed by atoms with van der Waals surface area (Å²) in [5, 5.41) is 6.58. The van der Waals surface area contributed by atoms with Crippen LogP contribution in [0.4, 0.5) is 0 Å². The van der Waals surface area contributed by atoms with E-state index in [2.05, 4.69) is 10.6 Å². The van der Waals surface area contributed by atoms with Crippen LogP contribution in [0.3, 0.4) is 0 Å². The van der Waals surface area contributed by atoms with Crippen LogP contribution in [0.15, 0.2) is 0 Å². The maximum absolute atomic E-state index is 5.77. The first-order valence-electron chi connectivity index (χ1n) is 4.46. The summed E-state index contributed by atoms with van der Waals surface area (Å²) >= 11 is 0. The van der Waals surface area contributed by atoms with Gasteiger partial charge in [-0.05, 0) is 26.3 Å². The van der Waals surface area contributed by atoms with Crippen LogP contribution in [0.1, 0.15) is 19.3 Å². The normalized spacial score (nSPS) is 31.1. The average Bonchev–Trinajstić information content (AvgIpc) is 2.37. The molecule has 2 atom stereocenters. The van der Waals surface area contributed by atoms with Gasteiger partial charge in [0, 0.05) is 25.2 Å². The molecular formula is C8H19N3. The third-order valence-corrected chi connectivity index (χ3v) is 2.28. The van der Waals surface area contributed by atoms with Crippen molar-refractivity contribution in [1.29, 1.82) is 0 Å². The van der Waals surface area contributed by atoms with Gasteiger partial charge in [-0.15, -0.1) is 0 Å². The molecule has 0 aliphatic heterocycles. The van der Waals surface area contributed by atoms with E-state index in [0.717, 1.165) is 19.5 Å². The number of nitrogens with one attached hydrogen (secondary N) is 2. The molecule has 1 aliphatic carbocycles. The molecule has 0 amide bonds. The fourth-order valence-electron chi connectivity index (χ4n) is 1.60. The molecule has 0 bridgehead atoms. The Labute approximate surface area is 68.7 Å².